The van der Waals surface area contributed by atoms with Gasteiger partial charge in [0, 0.05) is 0 Å². The average molecular weight is 175 g/mol. The minimum Gasteiger partial charge on any atom is -0.0654 e. The SMILES string of the molecule is CCC[C](C)CCc1ccccc1. The molecule has 0 aliphatic carbocycles. The van der Waals surface area contributed by atoms with E-state index >= 15 is 0 Å². The second-order valence-corrected chi connectivity index (χ2v) is 3.69. The third-order valence-corrected chi connectivity index (χ3v) is 2.36. The zero-order valence-corrected chi connectivity index (χ0v) is 8.72. The lowest BCUT2D eigenvalue weighted by Crippen LogP contribution is -1.94. The van der Waals surface area contributed by atoms with Gasteiger partial charge in [0.25, 0.3) is 0 Å². The first-order chi connectivity index (χ1) is 6.33. The molecule has 1 radical (unpaired) electrons. The Labute approximate surface area is 82.0 Å². The summed E-state index contributed by atoms with van der Waals surface area (Å²) in [4.78, 5) is 0. The third-order valence-electron chi connectivity index (χ3n) is 2.36. The van der Waals surface area contributed by atoms with Crippen molar-refractivity contribution in [3.8, 4) is 0 Å². The van der Waals surface area contributed by atoms with Gasteiger partial charge in [-0.3, -0.25) is 0 Å². The molecule has 1 aromatic carbocycles. The Morgan fingerprint density at radius 2 is 1.77 bits per heavy atom. The maximum atomic E-state index is 2.27. The van der Waals surface area contributed by atoms with E-state index in [2.05, 4.69) is 44.2 Å². The Hall–Kier alpha value is -0.780. The van der Waals surface area contributed by atoms with Gasteiger partial charge < -0.3 is 0 Å². The van der Waals surface area contributed by atoms with Gasteiger partial charge in [0.05, 0.1) is 0 Å². The number of benzene rings is 1. The monoisotopic (exact) mass is 175 g/mol. The van der Waals surface area contributed by atoms with Crippen molar-refractivity contribution in [1.29, 1.82) is 0 Å². The van der Waals surface area contributed by atoms with E-state index < -0.39 is 0 Å². The molecular weight excluding hydrogens is 156 g/mol. The second-order valence-electron chi connectivity index (χ2n) is 3.69. The summed E-state index contributed by atoms with van der Waals surface area (Å²) < 4.78 is 0. The van der Waals surface area contributed by atoms with Crippen LogP contribution in [0.25, 0.3) is 0 Å². The highest BCUT2D eigenvalue weighted by atomic mass is 14.1. The molecule has 0 saturated heterocycles. The van der Waals surface area contributed by atoms with Crippen molar-refractivity contribution < 1.29 is 0 Å². The highest BCUT2D eigenvalue weighted by Crippen LogP contribution is 2.15. The van der Waals surface area contributed by atoms with Crippen LogP contribution in [0, 0.1) is 5.92 Å². The zero-order chi connectivity index (χ0) is 9.52. The summed E-state index contributed by atoms with van der Waals surface area (Å²) in [7, 11) is 0. The van der Waals surface area contributed by atoms with Crippen LogP contribution in [-0.4, -0.2) is 0 Å². The largest absolute Gasteiger partial charge is 0.0654 e. The van der Waals surface area contributed by atoms with Crippen molar-refractivity contribution in [3.63, 3.8) is 0 Å². The first-order valence-electron chi connectivity index (χ1n) is 5.18. The van der Waals surface area contributed by atoms with Crippen LogP contribution in [0.1, 0.15) is 38.7 Å². The van der Waals surface area contributed by atoms with Gasteiger partial charge in [-0.15, -0.1) is 0 Å². The molecule has 0 unspecified atom stereocenters. The summed E-state index contributed by atoms with van der Waals surface area (Å²) in [5.74, 6) is 1.63. The first kappa shape index (κ1) is 10.3. The Balaban J connectivity index is 2.27. The zero-order valence-electron chi connectivity index (χ0n) is 8.72. The maximum absolute atomic E-state index is 2.27. The molecule has 0 N–H and O–H groups in total. The van der Waals surface area contributed by atoms with E-state index in [9.17, 15) is 0 Å². The fourth-order valence-corrected chi connectivity index (χ4v) is 1.55. The van der Waals surface area contributed by atoms with Crippen LogP contribution >= 0.6 is 0 Å². The lowest BCUT2D eigenvalue weighted by molar-refractivity contribution is 0.711. The van der Waals surface area contributed by atoms with Crippen LogP contribution in [0.2, 0.25) is 0 Å². The van der Waals surface area contributed by atoms with Crippen molar-refractivity contribution in [2.24, 2.45) is 0 Å². The fourth-order valence-electron chi connectivity index (χ4n) is 1.55. The molecule has 0 bridgehead atoms. The Kier molecular flexibility index (Phi) is 4.59. The van der Waals surface area contributed by atoms with Gasteiger partial charge in [-0.1, -0.05) is 50.6 Å². The smallest absolute Gasteiger partial charge is 0.0269 e. The van der Waals surface area contributed by atoms with E-state index in [4.69, 9.17) is 0 Å². The molecule has 0 nitrogen and oxygen atoms in total. The molecule has 0 saturated carbocycles. The quantitative estimate of drug-likeness (QED) is 0.634. The minimum atomic E-state index is 1.20. The van der Waals surface area contributed by atoms with Gasteiger partial charge in [0.2, 0.25) is 0 Å². The van der Waals surface area contributed by atoms with Crippen LogP contribution in [0.3, 0.4) is 0 Å². The van der Waals surface area contributed by atoms with Gasteiger partial charge >= 0.3 is 0 Å². The third kappa shape index (κ3) is 4.12. The molecule has 0 heterocycles. The van der Waals surface area contributed by atoms with E-state index in [-0.39, 0.29) is 0 Å². The standard InChI is InChI=1S/C13H19/c1-3-7-12(2)10-11-13-8-5-4-6-9-13/h4-6,8-9H,3,7,10-11H2,1-2H3. The molecule has 0 aliphatic heterocycles. The highest BCUT2D eigenvalue weighted by Gasteiger charge is 2.01. The maximum Gasteiger partial charge on any atom is -0.0269 e. The van der Waals surface area contributed by atoms with E-state index in [1.165, 1.54) is 31.2 Å². The summed E-state index contributed by atoms with van der Waals surface area (Å²) in [6.45, 7) is 4.51. The lowest BCUT2D eigenvalue weighted by Gasteiger charge is -2.08. The van der Waals surface area contributed by atoms with Crippen molar-refractivity contribution in [2.75, 3.05) is 0 Å². The molecular formula is C13H19. The summed E-state index contributed by atoms with van der Waals surface area (Å²) in [5.41, 5.74) is 1.46. The van der Waals surface area contributed by atoms with Gasteiger partial charge in [-0.2, -0.15) is 0 Å². The number of aryl methyl sites for hydroxylation is 1. The van der Waals surface area contributed by atoms with Crippen molar-refractivity contribution in [1.82, 2.24) is 0 Å². The molecule has 0 atom stereocenters. The van der Waals surface area contributed by atoms with E-state index in [0.717, 1.165) is 0 Å². The van der Waals surface area contributed by atoms with E-state index in [0.29, 0.717) is 0 Å². The van der Waals surface area contributed by atoms with Gasteiger partial charge in [0.1, 0.15) is 0 Å². The molecule has 1 aromatic rings. The molecule has 0 amide bonds. The molecule has 0 aromatic heterocycles. The first-order valence-corrected chi connectivity index (χ1v) is 5.18. The van der Waals surface area contributed by atoms with Gasteiger partial charge in [-0.05, 0) is 30.7 Å². The minimum absolute atomic E-state index is 1.20. The Morgan fingerprint density at radius 1 is 1.08 bits per heavy atom. The molecule has 0 aliphatic rings. The molecule has 1 rings (SSSR count). The Bertz CT molecular complexity index is 213. The van der Waals surface area contributed by atoms with Crippen LogP contribution in [0.5, 0.6) is 0 Å². The van der Waals surface area contributed by atoms with Crippen molar-refractivity contribution >= 4 is 0 Å². The summed E-state index contributed by atoms with van der Waals surface area (Å²) in [6, 6.07) is 10.7. The van der Waals surface area contributed by atoms with E-state index in [1.54, 1.807) is 5.92 Å². The molecule has 0 heteroatoms. The number of hydrogen-bond acceptors (Lipinski definition) is 0. The molecule has 0 spiro atoms. The predicted octanol–water partition coefficient (Wildman–Crippen LogP) is 4.01. The second kappa shape index (κ2) is 5.80. The highest BCUT2D eigenvalue weighted by molar-refractivity contribution is 5.15. The summed E-state index contributed by atoms with van der Waals surface area (Å²) >= 11 is 0. The molecule has 0 fully saturated rings. The normalized spacial score (nSPS) is 10.7. The Morgan fingerprint density at radius 3 is 2.38 bits per heavy atom. The van der Waals surface area contributed by atoms with Crippen LogP contribution in [0.15, 0.2) is 30.3 Å². The van der Waals surface area contributed by atoms with Gasteiger partial charge in [0.15, 0.2) is 0 Å². The summed E-state index contributed by atoms with van der Waals surface area (Å²) in [5, 5.41) is 0. The number of hydrogen-bond donors (Lipinski definition) is 0. The van der Waals surface area contributed by atoms with Crippen LogP contribution < -0.4 is 0 Å². The van der Waals surface area contributed by atoms with E-state index in [1.807, 2.05) is 0 Å². The predicted molar refractivity (Wildman–Crippen MR) is 58.6 cm³/mol. The molecule has 71 valence electrons. The van der Waals surface area contributed by atoms with Crippen LogP contribution in [-0.2, 0) is 6.42 Å². The topological polar surface area (TPSA) is 0 Å². The van der Waals surface area contributed by atoms with Crippen molar-refractivity contribution in [2.45, 2.75) is 39.5 Å². The van der Waals surface area contributed by atoms with Gasteiger partial charge in [-0.25, -0.2) is 0 Å². The number of rotatable bonds is 5. The summed E-state index contributed by atoms with van der Waals surface area (Å²) in [6.07, 6.45) is 5.01. The fraction of sp³-hybridized carbons (Fsp3) is 0.462. The average Bonchev–Trinajstić information content (AvgIpc) is 2.17. The van der Waals surface area contributed by atoms with Crippen molar-refractivity contribution in [3.05, 3.63) is 41.8 Å². The van der Waals surface area contributed by atoms with Crippen LogP contribution in [0.4, 0.5) is 0 Å². The lowest BCUT2D eigenvalue weighted by atomic mass is 9.97. The molecule has 13 heavy (non-hydrogen) atoms.